The summed E-state index contributed by atoms with van der Waals surface area (Å²) in [6.07, 6.45) is 3.39. The quantitative estimate of drug-likeness (QED) is 0.238. The number of aryl methyl sites for hydroxylation is 2. The average molecular weight is 459 g/mol. The van der Waals surface area contributed by atoms with Crippen molar-refractivity contribution < 1.29 is 4.42 Å². The molecular formula is C28H22N6O. The Balaban J connectivity index is 1.34. The van der Waals surface area contributed by atoms with E-state index in [0.717, 1.165) is 45.1 Å². The van der Waals surface area contributed by atoms with Gasteiger partial charge < -0.3 is 4.42 Å². The van der Waals surface area contributed by atoms with Gasteiger partial charge in [-0.05, 0) is 97.8 Å². The van der Waals surface area contributed by atoms with Gasteiger partial charge in [-0.3, -0.25) is 0 Å². The molecule has 0 bridgehead atoms. The van der Waals surface area contributed by atoms with E-state index in [9.17, 15) is 0 Å². The molecule has 35 heavy (non-hydrogen) atoms. The third kappa shape index (κ3) is 5.25. The van der Waals surface area contributed by atoms with Gasteiger partial charge in [0.05, 0.1) is 11.4 Å². The number of hydrogen-bond acceptors (Lipinski definition) is 7. The normalized spacial score (nSPS) is 11.5. The summed E-state index contributed by atoms with van der Waals surface area (Å²) in [5.41, 5.74) is 5.62. The van der Waals surface area contributed by atoms with Crippen molar-refractivity contribution >= 4 is 23.0 Å². The molecule has 0 aliphatic rings. The minimum Gasteiger partial charge on any atom is -0.456 e. The van der Waals surface area contributed by atoms with Crippen LogP contribution in [0.1, 0.15) is 11.1 Å². The van der Waals surface area contributed by atoms with Gasteiger partial charge in [-0.25, -0.2) is 9.97 Å². The van der Waals surface area contributed by atoms with Crippen LogP contribution in [0.4, 0.5) is 23.0 Å². The highest BCUT2D eigenvalue weighted by atomic mass is 16.3. The van der Waals surface area contributed by atoms with E-state index in [-0.39, 0.29) is 0 Å². The lowest BCUT2D eigenvalue weighted by Gasteiger charge is -2.05. The number of aromatic nitrogens is 2. The zero-order valence-electron chi connectivity index (χ0n) is 19.3. The van der Waals surface area contributed by atoms with E-state index in [1.165, 1.54) is 0 Å². The Morgan fingerprint density at radius 1 is 0.543 bits per heavy atom. The highest BCUT2D eigenvalue weighted by Crippen LogP contribution is 2.34. The van der Waals surface area contributed by atoms with Gasteiger partial charge in [-0.2, -0.15) is 0 Å². The van der Waals surface area contributed by atoms with Crippen molar-refractivity contribution in [2.45, 2.75) is 13.8 Å². The number of furan rings is 1. The lowest BCUT2D eigenvalue weighted by Crippen LogP contribution is -1.82. The zero-order chi connectivity index (χ0) is 24.0. The van der Waals surface area contributed by atoms with E-state index in [1.54, 1.807) is 12.4 Å². The molecule has 0 saturated carbocycles. The maximum Gasteiger partial charge on any atom is 0.174 e. The topological polar surface area (TPSA) is 88.4 Å². The Morgan fingerprint density at radius 3 is 1.43 bits per heavy atom. The third-order valence-corrected chi connectivity index (χ3v) is 5.39. The van der Waals surface area contributed by atoms with Crippen LogP contribution in [0.25, 0.3) is 22.6 Å². The van der Waals surface area contributed by atoms with E-state index in [1.807, 2.05) is 98.8 Å². The fraction of sp³-hybridized carbons (Fsp3) is 0.0714. The molecule has 0 atom stereocenters. The number of nitrogens with zero attached hydrogens (tertiary/aromatic N) is 6. The van der Waals surface area contributed by atoms with Gasteiger partial charge in [-0.1, -0.05) is 12.1 Å². The van der Waals surface area contributed by atoms with Crippen LogP contribution in [-0.2, 0) is 0 Å². The van der Waals surface area contributed by atoms with Crippen molar-refractivity contribution in [3.63, 3.8) is 0 Å². The smallest absolute Gasteiger partial charge is 0.174 e. The molecule has 0 spiro atoms. The van der Waals surface area contributed by atoms with Gasteiger partial charge in [0.1, 0.15) is 11.5 Å². The van der Waals surface area contributed by atoms with Crippen molar-refractivity contribution in [1.29, 1.82) is 0 Å². The fourth-order valence-corrected chi connectivity index (χ4v) is 3.64. The van der Waals surface area contributed by atoms with Crippen LogP contribution < -0.4 is 0 Å². The van der Waals surface area contributed by atoms with Crippen LogP contribution in [-0.4, -0.2) is 9.97 Å². The predicted octanol–water partition coefficient (Wildman–Crippen LogP) is 8.85. The minimum absolute atomic E-state index is 0.574. The molecular weight excluding hydrogens is 436 g/mol. The number of pyridine rings is 2. The first-order valence-electron chi connectivity index (χ1n) is 11.1. The maximum atomic E-state index is 6.23. The average Bonchev–Trinajstić information content (AvgIpc) is 3.37. The Hall–Kier alpha value is -4.78. The molecule has 170 valence electrons. The third-order valence-electron chi connectivity index (χ3n) is 5.39. The second-order valence-corrected chi connectivity index (χ2v) is 7.94. The molecule has 0 N–H and O–H groups in total. The van der Waals surface area contributed by atoms with Crippen LogP contribution in [0.2, 0.25) is 0 Å². The molecule has 0 fully saturated rings. The Morgan fingerprint density at radius 2 is 1.03 bits per heavy atom. The second kappa shape index (κ2) is 10.0. The van der Waals surface area contributed by atoms with Crippen molar-refractivity contribution in [3.8, 4) is 22.6 Å². The molecule has 7 nitrogen and oxygen atoms in total. The minimum atomic E-state index is 0.574. The molecule has 5 aromatic rings. The summed E-state index contributed by atoms with van der Waals surface area (Å²) in [6, 6.07) is 26.9. The van der Waals surface area contributed by atoms with Crippen molar-refractivity contribution in [1.82, 2.24) is 9.97 Å². The molecule has 0 amide bonds. The van der Waals surface area contributed by atoms with Gasteiger partial charge in [0.15, 0.2) is 11.6 Å². The maximum absolute atomic E-state index is 6.23. The number of hydrogen-bond donors (Lipinski definition) is 0. The highest BCUT2D eigenvalue weighted by molar-refractivity contribution is 5.71. The fourth-order valence-electron chi connectivity index (χ4n) is 3.64. The predicted molar refractivity (Wildman–Crippen MR) is 136 cm³/mol. The molecule has 5 rings (SSSR count). The molecule has 7 heteroatoms. The van der Waals surface area contributed by atoms with Gasteiger partial charge in [-0.15, -0.1) is 20.5 Å². The summed E-state index contributed by atoms with van der Waals surface area (Å²) >= 11 is 0. The lowest BCUT2D eigenvalue weighted by molar-refractivity contribution is 0.596. The van der Waals surface area contributed by atoms with Gasteiger partial charge in [0.25, 0.3) is 0 Å². The van der Waals surface area contributed by atoms with Crippen LogP contribution >= 0.6 is 0 Å². The van der Waals surface area contributed by atoms with Crippen molar-refractivity contribution in [2.75, 3.05) is 0 Å². The van der Waals surface area contributed by atoms with Gasteiger partial charge in [0.2, 0.25) is 0 Å². The van der Waals surface area contributed by atoms with Crippen LogP contribution in [0, 0.1) is 13.8 Å². The van der Waals surface area contributed by atoms with E-state index in [2.05, 4.69) is 30.4 Å². The summed E-state index contributed by atoms with van der Waals surface area (Å²) < 4.78 is 6.23. The number of azo groups is 2. The van der Waals surface area contributed by atoms with Gasteiger partial charge in [0, 0.05) is 23.5 Å². The van der Waals surface area contributed by atoms with Crippen molar-refractivity contribution in [2.24, 2.45) is 20.5 Å². The summed E-state index contributed by atoms with van der Waals surface area (Å²) in [5.74, 6) is 2.74. The first kappa shape index (κ1) is 22.0. The Kier molecular flexibility index (Phi) is 6.30. The second-order valence-electron chi connectivity index (χ2n) is 7.94. The van der Waals surface area contributed by atoms with E-state index < -0.39 is 0 Å². The monoisotopic (exact) mass is 458 g/mol. The molecule has 0 radical (unpaired) electrons. The highest BCUT2D eigenvalue weighted by Gasteiger charge is 2.12. The summed E-state index contributed by atoms with van der Waals surface area (Å²) in [5, 5.41) is 16.9. The summed E-state index contributed by atoms with van der Waals surface area (Å²) in [6.45, 7) is 4.06. The first-order chi connectivity index (χ1) is 17.2. The largest absolute Gasteiger partial charge is 0.456 e. The first-order valence-corrected chi connectivity index (χ1v) is 11.1. The van der Waals surface area contributed by atoms with Crippen LogP contribution in [0.3, 0.4) is 0 Å². The SMILES string of the molecule is Cc1cc(N=Nc2ccccn2)ccc1-c1ccc(-c2ccc(N=Nc3ccccn3)cc2C)o1. The zero-order valence-corrected chi connectivity index (χ0v) is 19.3. The van der Waals surface area contributed by atoms with E-state index in [4.69, 9.17) is 4.42 Å². The molecule has 0 aliphatic heterocycles. The van der Waals surface area contributed by atoms with Crippen LogP contribution in [0.15, 0.2) is 122 Å². The number of rotatable bonds is 6. The van der Waals surface area contributed by atoms with E-state index >= 15 is 0 Å². The van der Waals surface area contributed by atoms with Crippen LogP contribution in [0.5, 0.6) is 0 Å². The molecule has 0 saturated heterocycles. The number of benzene rings is 2. The Bertz CT molecular complexity index is 1390. The van der Waals surface area contributed by atoms with E-state index in [0.29, 0.717) is 11.6 Å². The lowest BCUT2D eigenvalue weighted by atomic mass is 10.1. The molecule has 0 aliphatic carbocycles. The summed E-state index contributed by atoms with van der Waals surface area (Å²) in [7, 11) is 0. The van der Waals surface area contributed by atoms with Crippen molar-refractivity contribution in [3.05, 3.63) is 108 Å². The molecule has 3 aromatic heterocycles. The van der Waals surface area contributed by atoms with Gasteiger partial charge >= 0.3 is 0 Å². The Labute approximate surface area is 203 Å². The summed E-state index contributed by atoms with van der Waals surface area (Å²) in [4.78, 5) is 8.32. The molecule has 0 unspecified atom stereocenters. The standard InChI is InChI=1S/C28H22N6O/c1-19-17-21(31-33-27-7-3-5-15-29-27)9-11-23(19)25-13-14-26(35-25)24-12-10-22(18-20(24)2)32-34-28-8-4-6-16-30-28/h3-18H,1-2H3. The molecule has 3 heterocycles. The molecule has 2 aromatic carbocycles.